The Hall–Kier alpha value is -1.82. The van der Waals surface area contributed by atoms with Crippen molar-refractivity contribution in [2.45, 2.75) is 33.1 Å². The van der Waals surface area contributed by atoms with Crippen molar-refractivity contribution in [3.63, 3.8) is 0 Å². The topological polar surface area (TPSA) is 61.1 Å². The number of carboxylic acids is 1. The Morgan fingerprint density at radius 1 is 1.31 bits per heavy atom. The first-order chi connectivity index (χ1) is 7.62. The standard InChI is InChI=1S/C13H15NO2/c1-3-10-5-9(8-14)6-11(7-13(15)16)12(10)4-2/h5-6H,3-4,7H2,1-2H3,(H,15,16). The molecular formula is C13H15NO2. The fraction of sp³-hybridized carbons (Fsp3) is 0.385. The quantitative estimate of drug-likeness (QED) is 0.841. The third-order valence-electron chi connectivity index (χ3n) is 2.64. The minimum Gasteiger partial charge on any atom is -0.481 e. The summed E-state index contributed by atoms with van der Waals surface area (Å²) in [6.45, 7) is 4.02. The number of nitrogens with zero attached hydrogens (tertiary/aromatic N) is 1. The maximum absolute atomic E-state index is 10.8. The number of carbonyl (C=O) groups is 1. The van der Waals surface area contributed by atoms with Crippen LogP contribution in [-0.2, 0) is 24.1 Å². The van der Waals surface area contributed by atoms with Crippen LogP contribution in [0.5, 0.6) is 0 Å². The Kier molecular flexibility index (Phi) is 4.07. The van der Waals surface area contributed by atoms with Gasteiger partial charge in [-0.15, -0.1) is 0 Å². The number of aliphatic carboxylic acids is 1. The average molecular weight is 217 g/mol. The average Bonchev–Trinajstić information content (AvgIpc) is 2.27. The second-order valence-electron chi connectivity index (χ2n) is 3.66. The van der Waals surface area contributed by atoms with E-state index in [1.54, 1.807) is 6.07 Å². The van der Waals surface area contributed by atoms with E-state index in [2.05, 4.69) is 6.07 Å². The van der Waals surface area contributed by atoms with Crippen LogP contribution in [0.15, 0.2) is 12.1 Å². The van der Waals surface area contributed by atoms with E-state index < -0.39 is 5.97 Å². The van der Waals surface area contributed by atoms with Crippen LogP contribution in [0.4, 0.5) is 0 Å². The maximum atomic E-state index is 10.8. The fourth-order valence-corrected chi connectivity index (χ4v) is 1.95. The molecule has 16 heavy (non-hydrogen) atoms. The molecule has 84 valence electrons. The van der Waals surface area contributed by atoms with Crippen LogP contribution in [0.25, 0.3) is 0 Å². The van der Waals surface area contributed by atoms with Crippen LogP contribution in [-0.4, -0.2) is 11.1 Å². The molecule has 0 aliphatic heterocycles. The molecule has 1 aromatic rings. The van der Waals surface area contributed by atoms with Crippen molar-refractivity contribution in [1.29, 1.82) is 5.26 Å². The van der Waals surface area contributed by atoms with Crippen molar-refractivity contribution in [2.75, 3.05) is 0 Å². The molecule has 0 bridgehead atoms. The van der Waals surface area contributed by atoms with E-state index in [9.17, 15) is 4.79 Å². The number of nitriles is 1. The lowest BCUT2D eigenvalue weighted by Crippen LogP contribution is -2.06. The van der Waals surface area contributed by atoms with Gasteiger partial charge in [-0.2, -0.15) is 5.26 Å². The highest BCUT2D eigenvalue weighted by molar-refractivity contribution is 5.71. The lowest BCUT2D eigenvalue weighted by atomic mass is 9.93. The van der Waals surface area contributed by atoms with Crippen molar-refractivity contribution in [3.05, 3.63) is 34.4 Å². The molecule has 1 aromatic carbocycles. The van der Waals surface area contributed by atoms with Crippen molar-refractivity contribution in [3.8, 4) is 6.07 Å². The van der Waals surface area contributed by atoms with E-state index in [0.717, 1.165) is 29.5 Å². The predicted octanol–water partition coefficient (Wildman–Crippen LogP) is 2.31. The molecule has 3 heteroatoms. The van der Waals surface area contributed by atoms with E-state index in [-0.39, 0.29) is 6.42 Å². The molecule has 1 rings (SSSR count). The number of carboxylic acid groups (broad SMARTS) is 1. The van der Waals surface area contributed by atoms with Gasteiger partial charge in [0.15, 0.2) is 0 Å². The number of hydrogen-bond acceptors (Lipinski definition) is 2. The zero-order valence-electron chi connectivity index (χ0n) is 9.58. The summed E-state index contributed by atoms with van der Waals surface area (Å²) >= 11 is 0. The lowest BCUT2D eigenvalue weighted by molar-refractivity contribution is -0.136. The van der Waals surface area contributed by atoms with Gasteiger partial charge in [0.2, 0.25) is 0 Å². The third kappa shape index (κ3) is 2.60. The molecule has 0 spiro atoms. The minimum atomic E-state index is -0.855. The molecule has 0 aliphatic rings. The minimum absolute atomic E-state index is 0.00824. The van der Waals surface area contributed by atoms with E-state index >= 15 is 0 Å². The highest BCUT2D eigenvalue weighted by Crippen LogP contribution is 2.20. The Labute approximate surface area is 95.3 Å². The molecular weight excluding hydrogens is 202 g/mol. The summed E-state index contributed by atoms with van der Waals surface area (Å²) in [4.78, 5) is 10.8. The summed E-state index contributed by atoms with van der Waals surface area (Å²) in [7, 11) is 0. The zero-order chi connectivity index (χ0) is 12.1. The van der Waals surface area contributed by atoms with E-state index in [1.165, 1.54) is 0 Å². The number of rotatable bonds is 4. The molecule has 0 heterocycles. The Balaban J connectivity index is 3.32. The number of aryl methyl sites for hydroxylation is 1. The lowest BCUT2D eigenvalue weighted by Gasteiger charge is -2.11. The summed E-state index contributed by atoms with van der Waals surface area (Å²) in [6.07, 6.45) is 1.62. The SMILES string of the molecule is CCc1cc(C#N)cc(CC(=O)O)c1CC. The highest BCUT2D eigenvalue weighted by Gasteiger charge is 2.11. The summed E-state index contributed by atoms with van der Waals surface area (Å²) in [5.41, 5.74) is 3.47. The Bertz CT molecular complexity index is 444. The first kappa shape index (κ1) is 12.3. The number of hydrogen-bond donors (Lipinski definition) is 1. The van der Waals surface area contributed by atoms with Crippen LogP contribution in [0.2, 0.25) is 0 Å². The van der Waals surface area contributed by atoms with Gasteiger partial charge in [-0.3, -0.25) is 4.79 Å². The summed E-state index contributed by atoms with van der Waals surface area (Å²) in [6, 6.07) is 5.61. The van der Waals surface area contributed by atoms with Gasteiger partial charge in [0, 0.05) is 0 Å². The normalized spacial score (nSPS) is 9.81. The molecule has 0 amide bonds. The first-order valence-corrected chi connectivity index (χ1v) is 5.38. The predicted molar refractivity (Wildman–Crippen MR) is 61.3 cm³/mol. The molecule has 0 atom stereocenters. The van der Waals surface area contributed by atoms with Gasteiger partial charge in [0.25, 0.3) is 0 Å². The smallest absolute Gasteiger partial charge is 0.307 e. The fourth-order valence-electron chi connectivity index (χ4n) is 1.95. The van der Waals surface area contributed by atoms with Crippen LogP contribution in [0.3, 0.4) is 0 Å². The van der Waals surface area contributed by atoms with Crippen LogP contribution < -0.4 is 0 Å². The van der Waals surface area contributed by atoms with Gasteiger partial charge in [-0.25, -0.2) is 0 Å². The largest absolute Gasteiger partial charge is 0.481 e. The van der Waals surface area contributed by atoms with Crippen molar-refractivity contribution < 1.29 is 9.90 Å². The van der Waals surface area contributed by atoms with E-state index in [4.69, 9.17) is 10.4 Å². The highest BCUT2D eigenvalue weighted by atomic mass is 16.4. The Morgan fingerprint density at radius 2 is 1.94 bits per heavy atom. The molecule has 0 saturated heterocycles. The summed E-state index contributed by atoms with van der Waals surface area (Å²) in [5, 5.41) is 17.7. The molecule has 0 unspecified atom stereocenters. The van der Waals surface area contributed by atoms with Gasteiger partial charge in [-0.05, 0) is 41.7 Å². The van der Waals surface area contributed by atoms with E-state index in [0.29, 0.717) is 5.56 Å². The van der Waals surface area contributed by atoms with Crippen LogP contribution in [0.1, 0.15) is 36.1 Å². The molecule has 3 nitrogen and oxygen atoms in total. The molecule has 0 aromatic heterocycles. The second-order valence-corrected chi connectivity index (χ2v) is 3.66. The first-order valence-electron chi connectivity index (χ1n) is 5.38. The molecule has 0 radical (unpaired) electrons. The van der Waals surface area contributed by atoms with Crippen molar-refractivity contribution >= 4 is 5.97 Å². The number of benzene rings is 1. The molecule has 1 N–H and O–H groups in total. The second kappa shape index (κ2) is 5.32. The van der Waals surface area contributed by atoms with Gasteiger partial charge < -0.3 is 5.11 Å². The van der Waals surface area contributed by atoms with Gasteiger partial charge in [0.05, 0.1) is 18.1 Å². The summed E-state index contributed by atoms with van der Waals surface area (Å²) in [5.74, 6) is -0.855. The molecule has 0 saturated carbocycles. The van der Waals surface area contributed by atoms with Gasteiger partial charge in [0.1, 0.15) is 0 Å². The molecule has 0 fully saturated rings. The van der Waals surface area contributed by atoms with Crippen molar-refractivity contribution in [2.24, 2.45) is 0 Å². The van der Waals surface area contributed by atoms with E-state index in [1.807, 2.05) is 19.9 Å². The molecule has 0 aliphatic carbocycles. The van der Waals surface area contributed by atoms with Crippen molar-refractivity contribution in [1.82, 2.24) is 0 Å². The van der Waals surface area contributed by atoms with Gasteiger partial charge >= 0.3 is 5.97 Å². The maximum Gasteiger partial charge on any atom is 0.307 e. The zero-order valence-corrected chi connectivity index (χ0v) is 9.58. The third-order valence-corrected chi connectivity index (χ3v) is 2.64. The van der Waals surface area contributed by atoms with Crippen LogP contribution >= 0.6 is 0 Å². The Morgan fingerprint density at radius 3 is 2.38 bits per heavy atom. The monoisotopic (exact) mass is 217 g/mol. The summed E-state index contributed by atoms with van der Waals surface area (Å²) < 4.78 is 0. The van der Waals surface area contributed by atoms with Gasteiger partial charge in [-0.1, -0.05) is 13.8 Å². The van der Waals surface area contributed by atoms with Crippen LogP contribution in [0, 0.1) is 11.3 Å².